The molecular weight excluding hydrogens is 1630 g/mol. The van der Waals surface area contributed by atoms with Crippen LogP contribution in [0, 0.1) is 21.7 Å². The fourth-order valence-corrected chi connectivity index (χ4v) is 17.9. The van der Waals surface area contributed by atoms with Gasteiger partial charge >= 0.3 is 58.1 Å². The number of carbonyl (C=O) groups is 7. The van der Waals surface area contributed by atoms with Crippen molar-refractivity contribution in [2.45, 2.75) is 156 Å². The van der Waals surface area contributed by atoms with Crippen LogP contribution in [0.3, 0.4) is 0 Å². The Morgan fingerprint density at radius 1 is 0.376 bits per heavy atom. The van der Waals surface area contributed by atoms with E-state index in [4.69, 9.17) is 82.3 Å². The van der Waals surface area contributed by atoms with Crippen LogP contribution in [-0.4, -0.2) is 284 Å². The number of nitrogens with one attached hydrogen (secondary N) is 1. The number of hydrogen-bond acceptors (Lipinski definition) is 24. The first kappa shape index (κ1) is 95.6. The van der Waals surface area contributed by atoms with Crippen molar-refractivity contribution in [3.63, 3.8) is 0 Å². The molecule has 20 rings (SSSR count). The van der Waals surface area contributed by atoms with Gasteiger partial charge in [0, 0.05) is 137 Å². The van der Waals surface area contributed by atoms with E-state index in [1.807, 2.05) is 12.1 Å². The van der Waals surface area contributed by atoms with Crippen molar-refractivity contribution in [2.24, 2.45) is 21.7 Å². The van der Waals surface area contributed by atoms with Crippen LogP contribution in [0.4, 0.5) is 14.4 Å². The topological polar surface area (TPSA) is 326 Å². The van der Waals surface area contributed by atoms with Crippen LogP contribution in [-0.2, 0) is 28.4 Å². The number of halogens is 1. The lowest BCUT2D eigenvalue weighted by atomic mass is 9.70. The zero-order valence-electron chi connectivity index (χ0n) is 75.4. The molecule has 12 aliphatic heterocycles. The molecule has 4 aromatic heterocycles. The maximum absolute atomic E-state index is 13.2. The number of hydrogen-bond donors (Lipinski definition) is 3. The van der Waals surface area contributed by atoms with Crippen LogP contribution in [0.5, 0.6) is 46.0 Å². The molecule has 3 N–H and O–H groups in total. The van der Waals surface area contributed by atoms with E-state index in [2.05, 4.69) is 14.8 Å². The Labute approximate surface area is 739 Å². The molecule has 0 amide bonds. The number of methoxy groups -OCH3 is 8. The van der Waals surface area contributed by atoms with E-state index in [1.165, 1.54) is 76.4 Å². The number of aliphatic hydroxyl groups is 1. The van der Waals surface area contributed by atoms with Crippen molar-refractivity contribution in [3.05, 3.63) is 95.6 Å². The van der Waals surface area contributed by atoms with Crippen molar-refractivity contribution in [1.29, 1.82) is 0 Å². The quantitative estimate of drug-likeness (QED) is 0.0385. The summed E-state index contributed by atoms with van der Waals surface area (Å²) < 4.78 is 81.7. The van der Waals surface area contributed by atoms with E-state index >= 15 is 0 Å². The monoisotopic (exact) mass is 1750 g/mol. The molecule has 0 atom stereocenters. The maximum atomic E-state index is 13.2. The highest BCUT2D eigenvalue weighted by Gasteiger charge is 2.49. The predicted molar refractivity (Wildman–Crippen MR) is 473 cm³/mol. The van der Waals surface area contributed by atoms with Crippen LogP contribution >= 0.6 is 12.4 Å². The van der Waals surface area contributed by atoms with Gasteiger partial charge in [-0.3, -0.25) is 13.7 Å². The Morgan fingerprint density at radius 2 is 0.632 bits per heavy atom. The summed E-state index contributed by atoms with van der Waals surface area (Å²) in [5.74, 6) is 1.46. The molecule has 31 nitrogen and oxygen atoms in total. The minimum absolute atomic E-state index is 0. The van der Waals surface area contributed by atoms with Gasteiger partial charge in [-0.05, 0) is 164 Å². The number of nitrogens with zero attached hydrogens (tertiary/aromatic N) is 7. The number of carbonyl (C=O) groups excluding carboxylic acids is 6. The van der Waals surface area contributed by atoms with Gasteiger partial charge in [0.25, 0.3) is 0 Å². The molecule has 16 heterocycles. The largest absolute Gasteiger partial charge is 0.493 e. The molecule has 8 aromatic rings. The van der Waals surface area contributed by atoms with Crippen molar-refractivity contribution < 1.29 is 119 Å². The summed E-state index contributed by atoms with van der Waals surface area (Å²) in [5.41, 5.74) is 1.69. The normalized spacial score (nSPS) is 23.7. The van der Waals surface area contributed by atoms with Crippen LogP contribution in [0.2, 0.25) is 0 Å². The lowest BCUT2D eigenvalue weighted by Gasteiger charge is -2.53. The number of carboxylic acids is 1. The molecule has 0 spiro atoms. The molecule has 0 aliphatic carbocycles. The third-order valence-electron chi connectivity index (χ3n) is 25.9. The van der Waals surface area contributed by atoms with E-state index in [1.54, 1.807) is 113 Å². The zero-order valence-corrected chi connectivity index (χ0v) is 76.2. The average Bonchev–Trinajstić information content (AvgIpc) is 1.78. The van der Waals surface area contributed by atoms with Gasteiger partial charge in [-0.1, -0.05) is 0 Å². The van der Waals surface area contributed by atoms with E-state index in [0.717, 1.165) is 175 Å². The first-order chi connectivity index (χ1) is 58.6. The summed E-state index contributed by atoms with van der Waals surface area (Å²) in [6.07, 6.45) is 16.8. The lowest BCUT2D eigenvalue weighted by Crippen LogP contribution is -2.61. The van der Waals surface area contributed by atoms with Crippen LogP contribution in [0.25, 0.3) is 43.6 Å². The van der Waals surface area contributed by atoms with Gasteiger partial charge in [-0.15, -0.1) is 12.4 Å². The van der Waals surface area contributed by atoms with Crippen molar-refractivity contribution in [1.82, 2.24) is 28.5 Å². The SMILES string of the molecule is COc1cc2[nH]cc(C(=O)OCC34CCN(CC3)CC4)c2cc1OC.COc1cc2c(C(=O)O)cn(C(=O)OC(C)(C)C)c2cc1OC.COc1cc2c(C(=O)OCC34CCN(CC3)CC4)cn(C(=O)OC(C)(C)C)c2cc1OC.Cl.[B][N+]12CCC(CO)(CC1)CC2.[B][N+]12CCC(COC(=O)c3cn(C(=O)OC(C)(C)C)c4cc(OC)c(OC)cc34)(CC1)CC2. The van der Waals surface area contributed by atoms with Crippen molar-refractivity contribution in [3.8, 4) is 46.0 Å². The van der Waals surface area contributed by atoms with Crippen LogP contribution in [0.15, 0.2) is 73.3 Å². The fraction of sp³-hybridized carbons (Fsp3) is 0.571. The summed E-state index contributed by atoms with van der Waals surface area (Å²) in [6.45, 7) is 30.1. The molecule has 0 unspecified atom stereocenters. The van der Waals surface area contributed by atoms with Crippen LogP contribution < -0.4 is 37.9 Å². The number of H-pyrrole nitrogens is 1. The lowest BCUT2D eigenvalue weighted by molar-refractivity contribution is -0.839. The standard InChI is InChI=1S/C24H32BN2O6.C24H32N2O6.C19H24N2O4.C16H19NO6.C8H15BNO.ClH/c1-23(2,3)33-22(29)26-14-17(16-12-19(30-4)20(31-5)13-18(16)26)21(28)32-15-24-6-9-27(25,10-7-24)11-8-24;1-23(2,3)32-22(28)26-14-17(16-12-19(29-4)20(30-5)13-18(16)26)21(27)31-15-24-6-9-25(10-7-24)11-8-24;1-23-16-9-13-14(11-20-15(13)10-17(16)24-2)18(22)25-12-19-3-6-21(7-4-19)8-5-19;1-16(2,3)23-15(20)17-8-10(14(18)19)9-6-12(21-4)13(22-5)7-11(9)17;9-10-4-1-8(7-11,2-5-10)3-6-10;/h12-14H,6-11,15H2,1-5H3;12-14H,6-11,15H2,1-5H3;9-11,20H,3-8,12H2,1-2H3;6-8H,1-5H3,(H,18,19);11H,1-7H2;1H/q+1;;;;+1;. The Morgan fingerprint density at radius 3 is 0.920 bits per heavy atom. The second-order valence-corrected chi connectivity index (χ2v) is 37.5. The summed E-state index contributed by atoms with van der Waals surface area (Å²) in [5, 5.41) is 20.8. The number of aliphatic hydroxyl groups excluding tert-OH is 1. The number of piperidine rings is 12. The number of aromatic amines is 1. The highest BCUT2D eigenvalue weighted by molar-refractivity contribution is 6.10. The fourth-order valence-electron chi connectivity index (χ4n) is 17.9. The number of aromatic nitrogens is 4. The smallest absolute Gasteiger partial charge is 0.481 e. The number of carboxylic acid groups (broad SMARTS) is 1. The highest BCUT2D eigenvalue weighted by atomic mass is 35.5. The summed E-state index contributed by atoms with van der Waals surface area (Å²) >= 11 is 0. The molecule has 12 fully saturated rings. The molecule has 125 heavy (non-hydrogen) atoms. The first-order valence-corrected chi connectivity index (χ1v) is 42.5. The summed E-state index contributed by atoms with van der Waals surface area (Å²) in [7, 11) is 24.6. The maximum Gasteiger partial charge on any atom is 0.481 e. The Balaban J connectivity index is 0.000000156. The van der Waals surface area contributed by atoms with Crippen LogP contribution in [0.1, 0.15) is 181 Å². The van der Waals surface area contributed by atoms with E-state index in [-0.39, 0.29) is 51.2 Å². The summed E-state index contributed by atoms with van der Waals surface area (Å²) in [4.78, 5) is 96.7. The van der Waals surface area contributed by atoms with E-state index in [0.29, 0.717) is 121 Å². The number of ether oxygens (including phenoxy) is 14. The number of esters is 3. The second kappa shape index (κ2) is 38.3. The van der Waals surface area contributed by atoms with Gasteiger partial charge in [0.15, 0.2) is 46.0 Å². The molecular formula is C91H123B2ClN8O23+2. The van der Waals surface area contributed by atoms with E-state index < -0.39 is 53.0 Å². The molecule has 4 radical (unpaired) electrons. The van der Waals surface area contributed by atoms with Gasteiger partial charge in [-0.2, -0.15) is 0 Å². The van der Waals surface area contributed by atoms with Gasteiger partial charge in [0.1, 0.15) is 16.8 Å². The minimum Gasteiger partial charge on any atom is -0.493 e. The van der Waals surface area contributed by atoms with Crippen molar-refractivity contribution in [2.75, 3.05) is 162 Å². The Kier molecular flexibility index (Phi) is 29.3. The molecule has 4 aromatic carbocycles. The minimum atomic E-state index is -1.15. The van der Waals surface area contributed by atoms with Gasteiger partial charge in [-0.25, -0.2) is 33.6 Å². The summed E-state index contributed by atoms with van der Waals surface area (Å²) in [6, 6.07) is 13.4. The predicted octanol–water partition coefficient (Wildman–Crippen LogP) is 14.2. The molecule has 12 aliphatic rings. The third-order valence-corrected chi connectivity index (χ3v) is 25.9. The second-order valence-electron chi connectivity index (χ2n) is 37.5. The van der Waals surface area contributed by atoms with E-state index in [9.17, 15) is 43.8 Å². The van der Waals surface area contributed by atoms with Gasteiger partial charge in [0.05, 0.1) is 160 Å². The van der Waals surface area contributed by atoms with Gasteiger partial charge < -0.3 is 100 Å². The number of benzene rings is 4. The van der Waals surface area contributed by atoms with Gasteiger partial charge in [0.2, 0.25) is 0 Å². The number of fused-ring (bicyclic) bond motifs is 16. The molecule has 12 saturated heterocycles. The highest BCUT2D eigenvalue weighted by Crippen LogP contribution is 2.48. The Hall–Kier alpha value is -10.1. The average molecular weight is 1750 g/mol. The molecule has 34 heteroatoms. The zero-order chi connectivity index (χ0) is 89.9. The Bertz CT molecular complexity index is 5190. The third kappa shape index (κ3) is 21.6. The van der Waals surface area contributed by atoms with Crippen molar-refractivity contribution >= 4 is 114 Å². The molecule has 676 valence electrons. The number of quaternary nitrogens is 2. The molecule has 8 bridgehead atoms. The molecule has 0 saturated carbocycles. The number of aromatic carboxylic acids is 1. The first-order valence-electron chi connectivity index (χ1n) is 42.5. The number of rotatable bonds is 19.